The van der Waals surface area contributed by atoms with Crippen LogP contribution in [-0.4, -0.2) is 42.2 Å². The second-order valence-electron chi connectivity index (χ2n) is 4.57. The minimum absolute atomic E-state index is 0.247. The molecule has 2 heterocycles. The van der Waals surface area contributed by atoms with Crippen molar-refractivity contribution in [3.63, 3.8) is 0 Å². The molecule has 0 bridgehead atoms. The smallest absolute Gasteiger partial charge is 0.315 e. The van der Waals surface area contributed by atoms with E-state index in [1.807, 2.05) is 0 Å². The van der Waals surface area contributed by atoms with Gasteiger partial charge in [-0.1, -0.05) is 6.92 Å². The van der Waals surface area contributed by atoms with Crippen molar-refractivity contribution in [2.24, 2.45) is 5.10 Å². The van der Waals surface area contributed by atoms with E-state index in [2.05, 4.69) is 5.10 Å². The van der Waals surface area contributed by atoms with E-state index in [0.29, 0.717) is 6.42 Å². The van der Waals surface area contributed by atoms with Crippen LogP contribution >= 0.6 is 0 Å². The van der Waals surface area contributed by atoms with Crippen LogP contribution in [0.3, 0.4) is 0 Å². The number of hydrogen-bond donors (Lipinski definition) is 1. The van der Waals surface area contributed by atoms with Gasteiger partial charge in [0, 0.05) is 12.8 Å². The zero-order valence-corrected chi connectivity index (χ0v) is 12.0. The van der Waals surface area contributed by atoms with Crippen LogP contribution in [0.25, 0.3) is 0 Å². The van der Waals surface area contributed by atoms with Gasteiger partial charge in [-0.15, -0.1) is 4.41 Å². The van der Waals surface area contributed by atoms with E-state index in [1.165, 1.54) is 6.07 Å². The van der Waals surface area contributed by atoms with Gasteiger partial charge < -0.3 is 9.52 Å². The van der Waals surface area contributed by atoms with E-state index in [9.17, 15) is 31.1 Å². The summed E-state index contributed by atoms with van der Waals surface area (Å²) in [5.74, 6) is 0.247. The molecule has 0 saturated carbocycles. The SMILES string of the molecule is CCc1ccc(S(=O)(=O)N2N=C(C(F)F)CC2(O)C(F)F)o1. The van der Waals surface area contributed by atoms with Crippen molar-refractivity contribution in [3.05, 3.63) is 17.9 Å². The first-order valence-corrected chi connectivity index (χ1v) is 7.57. The van der Waals surface area contributed by atoms with Crippen LogP contribution in [0, 0.1) is 0 Å². The minimum atomic E-state index is -4.83. The van der Waals surface area contributed by atoms with Crippen molar-refractivity contribution in [1.29, 1.82) is 0 Å². The Kier molecular flexibility index (Phi) is 4.22. The maximum absolute atomic E-state index is 13.0. The molecule has 0 spiro atoms. The van der Waals surface area contributed by atoms with E-state index >= 15 is 0 Å². The summed E-state index contributed by atoms with van der Waals surface area (Å²) in [6, 6.07) is 2.28. The van der Waals surface area contributed by atoms with Gasteiger partial charge in [-0.3, -0.25) is 0 Å². The average Bonchev–Trinajstić information content (AvgIpc) is 3.04. The summed E-state index contributed by atoms with van der Waals surface area (Å²) < 4.78 is 80.3. The number of halogens is 4. The molecule has 1 aliphatic rings. The fourth-order valence-corrected chi connectivity index (χ4v) is 3.28. The molecule has 1 N–H and O–H groups in total. The van der Waals surface area contributed by atoms with Crippen molar-refractivity contribution in [3.8, 4) is 0 Å². The Morgan fingerprint density at radius 3 is 2.50 bits per heavy atom. The predicted octanol–water partition coefficient (Wildman–Crippen LogP) is 1.81. The quantitative estimate of drug-likeness (QED) is 0.826. The first kappa shape index (κ1) is 16.7. The molecule has 1 atom stereocenters. The Labute approximate surface area is 123 Å². The first-order chi connectivity index (χ1) is 10.1. The molecule has 0 aromatic carbocycles. The van der Waals surface area contributed by atoms with Crippen molar-refractivity contribution in [2.75, 3.05) is 0 Å². The van der Waals surface area contributed by atoms with Gasteiger partial charge in [0.05, 0.1) is 0 Å². The van der Waals surface area contributed by atoms with Crippen molar-refractivity contribution < 1.29 is 35.5 Å². The van der Waals surface area contributed by atoms with Crippen molar-refractivity contribution >= 4 is 15.7 Å². The molecule has 1 aliphatic heterocycles. The molecule has 1 unspecified atom stereocenters. The number of aliphatic hydroxyl groups is 1. The fourth-order valence-electron chi connectivity index (χ4n) is 1.89. The molecular weight excluding hydrogens is 332 g/mol. The third-order valence-corrected chi connectivity index (χ3v) is 4.64. The standard InChI is InChI=1S/C11H12F4N2O4S/c1-2-6-3-4-8(21-6)22(19,20)17-11(18,10(14)15)5-7(16-17)9(12)13/h3-4,9-10,18H,2,5H2,1H3. The van der Waals surface area contributed by atoms with Gasteiger partial charge >= 0.3 is 10.0 Å². The highest BCUT2D eigenvalue weighted by molar-refractivity contribution is 7.89. The topological polar surface area (TPSA) is 83.1 Å². The molecule has 1 aromatic rings. The number of hydrazone groups is 1. The zero-order chi connectivity index (χ0) is 16.7. The monoisotopic (exact) mass is 344 g/mol. The number of furan rings is 1. The Morgan fingerprint density at radius 2 is 2.05 bits per heavy atom. The third-order valence-electron chi connectivity index (χ3n) is 3.06. The predicted molar refractivity (Wildman–Crippen MR) is 66.1 cm³/mol. The van der Waals surface area contributed by atoms with Crippen molar-refractivity contribution in [1.82, 2.24) is 4.41 Å². The van der Waals surface area contributed by atoms with Crippen LogP contribution < -0.4 is 0 Å². The van der Waals surface area contributed by atoms with Crippen LogP contribution in [0.1, 0.15) is 19.1 Å². The van der Waals surface area contributed by atoms with Gasteiger partial charge in [0.1, 0.15) is 11.5 Å². The number of rotatable bonds is 5. The summed E-state index contributed by atoms with van der Waals surface area (Å²) in [5.41, 5.74) is -4.52. The molecule has 124 valence electrons. The Hall–Kier alpha value is -1.62. The van der Waals surface area contributed by atoms with Gasteiger partial charge in [0.15, 0.2) is 0 Å². The van der Waals surface area contributed by atoms with E-state index in [4.69, 9.17) is 4.42 Å². The molecule has 22 heavy (non-hydrogen) atoms. The van der Waals surface area contributed by atoms with E-state index in [0.717, 1.165) is 6.07 Å². The Balaban J connectivity index is 2.50. The maximum Gasteiger partial charge on any atom is 0.315 e. The average molecular weight is 344 g/mol. The van der Waals surface area contributed by atoms with Crippen LogP contribution in [0.4, 0.5) is 17.6 Å². The normalized spacial score (nSPS) is 22.7. The second kappa shape index (κ2) is 5.54. The molecular formula is C11H12F4N2O4S. The molecule has 1 aromatic heterocycles. The number of hydrogen-bond acceptors (Lipinski definition) is 5. The third kappa shape index (κ3) is 2.58. The minimum Gasteiger partial charge on any atom is -0.448 e. The highest BCUT2D eigenvalue weighted by Crippen LogP contribution is 2.37. The summed E-state index contributed by atoms with van der Waals surface area (Å²) in [7, 11) is -4.83. The summed E-state index contributed by atoms with van der Waals surface area (Å²) >= 11 is 0. The molecule has 0 fully saturated rings. The lowest BCUT2D eigenvalue weighted by atomic mass is 10.1. The molecule has 6 nitrogen and oxygen atoms in total. The molecule has 11 heteroatoms. The summed E-state index contributed by atoms with van der Waals surface area (Å²) in [4.78, 5) is 0. The van der Waals surface area contributed by atoms with Crippen molar-refractivity contribution in [2.45, 2.75) is 43.4 Å². The zero-order valence-electron chi connectivity index (χ0n) is 11.2. The van der Waals surface area contributed by atoms with E-state index in [-0.39, 0.29) is 5.76 Å². The number of alkyl halides is 4. The Bertz CT molecular complexity index is 688. The second-order valence-corrected chi connectivity index (χ2v) is 6.27. The number of sulfonamides is 1. The van der Waals surface area contributed by atoms with Crippen LogP contribution in [-0.2, 0) is 16.4 Å². The highest BCUT2D eigenvalue weighted by atomic mass is 32.2. The largest absolute Gasteiger partial charge is 0.448 e. The lowest BCUT2D eigenvalue weighted by Gasteiger charge is -2.29. The van der Waals surface area contributed by atoms with Gasteiger partial charge in [0.25, 0.3) is 12.9 Å². The number of nitrogens with zero attached hydrogens (tertiary/aromatic N) is 2. The van der Waals surface area contributed by atoms with Crippen LogP contribution in [0.5, 0.6) is 0 Å². The van der Waals surface area contributed by atoms with Crippen LogP contribution in [0.15, 0.2) is 26.7 Å². The van der Waals surface area contributed by atoms with Gasteiger partial charge in [0.2, 0.25) is 10.8 Å². The fraction of sp³-hybridized carbons (Fsp3) is 0.545. The van der Waals surface area contributed by atoms with Gasteiger partial charge in [-0.25, -0.2) is 17.6 Å². The summed E-state index contributed by atoms with van der Waals surface area (Å²) in [5, 5.41) is 12.0. The van der Waals surface area contributed by atoms with E-state index < -0.39 is 50.2 Å². The molecule has 0 amide bonds. The molecule has 0 saturated heterocycles. The van der Waals surface area contributed by atoms with Gasteiger partial charge in [-0.2, -0.15) is 13.5 Å². The number of aryl methyl sites for hydroxylation is 1. The molecule has 2 rings (SSSR count). The Morgan fingerprint density at radius 1 is 1.41 bits per heavy atom. The lowest BCUT2D eigenvalue weighted by Crippen LogP contribution is -2.51. The first-order valence-electron chi connectivity index (χ1n) is 6.13. The van der Waals surface area contributed by atoms with E-state index in [1.54, 1.807) is 6.92 Å². The summed E-state index contributed by atoms with van der Waals surface area (Å²) in [6.07, 6.45) is -7.86. The highest BCUT2D eigenvalue weighted by Gasteiger charge is 2.56. The lowest BCUT2D eigenvalue weighted by molar-refractivity contribution is -0.150. The summed E-state index contributed by atoms with van der Waals surface area (Å²) in [6.45, 7) is 1.66. The molecule has 0 aliphatic carbocycles. The maximum atomic E-state index is 13.0. The van der Waals surface area contributed by atoms with Gasteiger partial charge in [-0.05, 0) is 12.1 Å². The van der Waals surface area contributed by atoms with Crippen LogP contribution in [0.2, 0.25) is 0 Å². The molecule has 0 radical (unpaired) electrons.